The fraction of sp³-hybridized carbons (Fsp3) is 0. The van der Waals surface area contributed by atoms with Gasteiger partial charge in [0.25, 0.3) is 0 Å². The molecule has 14 heavy (non-hydrogen) atoms. The van der Waals surface area contributed by atoms with Crippen LogP contribution < -0.4 is 0 Å². The molecule has 0 atom stereocenters. The molecule has 3 heteroatoms. The van der Waals surface area contributed by atoms with Gasteiger partial charge >= 0.3 is 106 Å². The SMILES string of the molecule is O=C([Te][Na])c1ccc2ccccc2c1. The molecule has 0 bridgehead atoms. The first-order valence-electron chi connectivity index (χ1n) is 4.38. The van der Waals surface area contributed by atoms with Crippen LogP contribution in [0, 0.1) is 0 Å². The van der Waals surface area contributed by atoms with E-state index in [-0.39, 0.29) is 15.5 Å². The Morgan fingerprint density at radius 1 is 1.07 bits per heavy atom. The van der Waals surface area contributed by atoms with Gasteiger partial charge in [0, 0.05) is 0 Å². The number of rotatable bonds is 2. The molecule has 1 nitrogen and oxygen atoms in total. The number of hydrogen-bond donors (Lipinski definition) is 0. The first-order valence-corrected chi connectivity index (χ1v) is 13.4. The molecule has 0 spiro atoms. The van der Waals surface area contributed by atoms with Crippen molar-refractivity contribution in [1.82, 2.24) is 0 Å². The van der Waals surface area contributed by atoms with E-state index in [1.54, 1.807) is 0 Å². The fourth-order valence-corrected chi connectivity index (χ4v) is 4.05. The molecule has 0 aliphatic carbocycles. The van der Waals surface area contributed by atoms with Crippen molar-refractivity contribution >= 4 is 53.7 Å². The molecule has 0 N–H and O–H groups in total. The zero-order valence-electron chi connectivity index (χ0n) is 7.86. The van der Waals surface area contributed by atoms with Gasteiger partial charge in [-0.2, -0.15) is 0 Å². The summed E-state index contributed by atoms with van der Waals surface area (Å²) in [5.74, 6) is 0. The average Bonchev–Trinajstić information content (AvgIpc) is 2.27. The van der Waals surface area contributed by atoms with Crippen LogP contribution in [0.25, 0.3) is 10.8 Å². The Morgan fingerprint density at radius 2 is 1.79 bits per heavy atom. The van der Waals surface area contributed by atoms with E-state index in [0.717, 1.165) is 29.1 Å². The summed E-state index contributed by atoms with van der Waals surface area (Å²) >= 11 is 0.715. The zero-order chi connectivity index (χ0) is 9.97. The first kappa shape index (κ1) is 10.7. The van der Waals surface area contributed by atoms with E-state index in [1.807, 2.05) is 30.3 Å². The quantitative estimate of drug-likeness (QED) is 0.773. The third kappa shape index (κ3) is 2.21. The summed E-state index contributed by atoms with van der Waals surface area (Å²) in [5, 5.41) is 2.37. The van der Waals surface area contributed by atoms with Crippen LogP contribution in [0.5, 0.6) is 0 Å². The van der Waals surface area contributed by atoms with Crippen molar-refractivity contribution in [2.24, 2.45) is 0 Å². The topological polar surface area (TPSA) is 17.1 Å². The summed E-state index contributed by atoms with van der Waals surface area (Å²) in [6, 6.07) is 14.2. The molecule has 0 heterocycles. The Hall–Kier alpha value is 0.160. The monoisotopic (exact) mass is 308 g/mol. The number of benzene rings is 2. The van der Waals surface area contributed by atoms with Gasteiger partial charge in [-0.05, 0) is 0 Å². The van der Waals surface area contributed by atoms with Gasteiger partial charge in [-0.15, -0.1) is 0 Å². The molecule has 0 saturated carbocycles. The molecule has 0 unspecified atom stereocenters. The molecule has 2 aromatic rings. The predicted molar refractivity (Wildman–Crippen MR) is 59.8 cm³/mol. The summed E-state index contributed by atoms with van der Waals surface area (Å²) in [6.07, 6.45) is 0. The van der Waals surface area contributed by atoms with Gasteiger partial charge in [0.1, 0.15) is 0 Å². The zero-order valence-corrected chi connectivity index (χ0v) is 12.2. The third-order valence-corrected chi connectivity index (χ3v) is 6.39. The van der Waals surface area contributed by atoms with Gasteiger partial charge in [-0.25, -0.2) is 0 Å². The molecule has 0 aliphatic heterocycles. The fourth-order valence-electron chi connectivity index (χ4n) is 1.43. The van der Waals surface area contributed by atoms with E-state index in [4.69, 9.17) is 0 Å². The second kappa shape index (κ2) is 4.79. The molecule has 0 amide bonds. The number of carbonyl (C=O) groups is 1. The maximum absolute atomic E-state index is 11.5. The minimum atomic E-state index is -0.354. The molecular formula is C11H7NaOTe. The normalized spacial score (nSPS) is 10.4. The van der Waals surface area contributed by atoms with E-state index >= 15 is 0 Å². The van der Waals surface area contributed by atoms with Gasteiger partial charge < -0.3 is 0 Å². The summed E-state index contributed by atoms with van der Waals surface area (Å²) in [6.45, 7) is 0. The van der Waals surface area contributed by atoms with Crippen LogP contribution in [0.15, 0.2) is 42.5 Å². The van der Waals surface area contributed by atoms with Crippen LogP contribution in [0.3, 0.4) is 0 Å². The van der Waals surface area contributed by atoms with Crippen LogP contribution in [0.1, 0.15) is 10.4 Å². The third-order valence-electron chi connectivity index (χ3n) is 2.17. The van der Waals surface area contributed by atoms with Crippen LogP contribution in [0.4, 0.5) is 0 Å². The van der Waals surface area contributed by atoms with Crippen molar-refractivity contribution in [1.29, 1.82) is 0 Å². The average molecular weight is 306 g/mol. The van der Waals surface area contributed by atoms with E-state index in [1.165, 1.54) is 10.8 Å². The minimum absolute atomic E-state index is 0.354. The van der Waals surface area contributed by atoms with E-state index < -0.39 is 0 Å². The van der Waals surface area contributed by atoms with Crippen LogP contribution in [-0.4, -0.2) is 42.9 Å². The molecule has 64 valence electrons. The van der Waals surface area contributed by atoms with Crippen molar-refractivity contribution in [3.05, 3.63) is 48.0 Å². The van der Waals surface area contributed by atoms with E-state index in [9.17, 15) is 4.79 Å². The summed E-state index contributed by atoms with van der Waals surface area (Å²) in [4.78, 5) is 11.5. The summed E-state index contributed by atoms with van der Waals surface area (Å²) in [5.41, 5.74) is 0.904. The van der Waals surface area contributed by atoms with Gasteiger partial charge in [0.05, 0.1) is 0 Å². The molecule has 0 aliphatic rings. The second-order valence-corrected chi connectivity index (χ2v) is 8.02. The Kier molecular flexibility index (Phi) is 3.65. The van der Waals surface area contributed by atoms with Crippen LogP contribution in [-0.2, 0) is 0 Å². The van der Waals surface area contributed by atoms with Gasteiger partial charge in [-0.3, -0.25) is 0 Å². The molecule has 2 rings (SSSR count). The standard InChI is InChI=1S/C11H8OTe.Na/c12-11(13)10-6-5-8-3-1-2-4-9(8)7-10;/h1-7H,(H,12,13);/q;+1/p-1. The Balaban J connectivity index is 2.56. The van der Waals surface area contributed by atoms with Crippen LogP contribution >= 0.6 is 0 Å². The Bertz CT molecular complexity index is 481. The molecule has 0 radical (unpaired) electrons. The number of hydrogen-bond acceptors (Lipinski definition) is 1. The number of carbonyl (C=O) groups excluding carboxylic acids is 1. The van der Waals surface area contributed by atoms with E-state index in [0.29, 0.717) is 3.83 Å². The van der Waals surface area contributed by atoms with Crippen molar-refractivity contribution in [2.75, 3.05) is 0 Å². The van der Waals surface area contributed by atoms with Crippen LogP contribution in [0.2, 0.25) is 0 Å². The first-order chi connectivity index (χ1) is 6.81. The summed E-state index contributed by atoms with van der Waals surface area (Å²) < 4.78 is 0.396. The van der Waals surface area contributed by atoms with Crippen molar-refractivity contribution < 1.29 is 4.79 Å². The van der Waals surface area contributed by atoms with Gasteiger partial charge in [-0.1, -0.05) is 0 Å². The predicted octanol–water partition coefficient (Wildman–Crippen LogP) is 1.77. The molecule has 0 saturated heterocycles. The van der Waals surface area contributed by atoms with Crippen molar-refractivity contribution in [2.45, 2.75) is 0 Å². The van der Waals surface area contributed by atoms with Crippen molar-refractivity contribution in [3.63, 3.8) is 0 Å². The van der Waals surface area contributed by atoms with Gasteiger partial charge in [0.2, 0.25) is 0 Å². The number of fused-ring (bicyclic) bond motifs is 1. The summed E-state index contributed by atoms with van der Waals surface area (Å²) in [7, 11) is 0. The maximum atomic E-state index is 11.5. The second-order valence-electron chi connectivity index (χ2n) is 3.05. The molecular weight excluding hydrogens is 299 g/mol. The van der Waals surface area contributed by atoms with Gasteiger partial charge in [0.15, 0.2) is 0 Å². The molecule has 2 aromatic carbocycles. The Morgan fingerprint density at radius 3 is 2.50 bits per heavy atom. The Labute approximate surface area is 105 Å². The molecule has 0 aromatic heterocycles. The molecule has 0 fully saturated rings. The van der Waals surface area contributed by atoms with E-state index in [2.05, 4.69) is 12.1 Å². The van der Waals surface area contributed by atoms with Crippen molar-refractivity contribution in [3.8, 4) is 0 Å².